The van der Waals surface area contributed by atoms with Gasteiger partial charge in [0, 0.05) is 25.7 Å². The zero-order chi connectivity index (χ0) is 17.6. The molecule has 1 heterocycles. The lowest BCUT2D eigenvalue weighted by Gasteiger charge is -2.17. The molecule has 1 saturated heterocycles. The van der Waals surface area contributed by atoms with Gasteiger partial charge >= 0.3 is 0 Å². The second-order valence-electron chi connectivity index (χ2n) is 5.57. The average Bonchev–Trinajstić information content (AvgIpc) is 2.73. The quantitative estimate of drug-likeness (QED) is 0.851. The molecule has 1 fully saturated rings. The standard InChI is InChI=1S/C17H21N3O3S/c1-3-7-17(21)18-14-9-11-15(12-10-14)24(22,23)19-16-8-5-4-6-13-20(16)2/h9-12H,4-6,8,13H2,1-2H3,(H,18,21)/b19-16-. The third-order valence-corrected chi connectivity index (χ3v) is 5.03. The zero-order valence-electron chi connectivity index (χ0n) is 13.9. The minimum atomic E-state index is -3.76. The van der Waals surface area contributed by atoms with Crippen LogP contribution in [0.2, 0.25) is 0 Å². The van der Waals surface area contributed by atoms with Crippen LogP contribution in [0, 0.1) is 11.8 Å². The summed E-state index contributed by atoms with van der Waals surface area (Å²) in [5.74, 6) is 5.02. The van der Waals surface area contributed by atoms with Gasteiger partial charge in [-0.2, -0.15) is 8.42 Å². The molecule has 128 valence electrons. The normalized spacial score (nSPS) is 16.9. The second kappa shape index (κ2) is 7.97. The Labute approximate surface area is 143 Å². The summed E-state index contributed by atoms with van der Waals surface area (Å²) in [6.45, 7) is 2.39. The van der Waals surface area contributed by atoms with Crippen LogP contribution < -0.4 is 5.32 Å². The van der Waals surface area contributed by atoms with Crippen molar-refractivity contribution in [3.63, 3.8) is 0 Å². The Morgan fingerprint density at radius 1 is 1.21 bits per heavy atom. The van der Waals surface area contributed by atoms with E-state index in [2.05, 4.69) is 21.6 Å². The fraction of sp³-hybridized carbons (Fsp3) is 0.412. The molecule has 0 saturated carbocycles. The summed E-state index contributed by atoms with van der Waals surface area (Å²) in [5, 5.41) is 2.57. The van der Waals surface area contributed by atoms with Gasteiger partial charge in [0.05, 0.1) is 4.90 Å². The molecule has 1 aliphatic heterocycles. The fourth-order valence-electron chi connectivity index (χ4n) is 2.42. The van der Waals surface area contributed by atoms with E-state index >= 15 is 0 Å². The monoisotopic (exact) mass is 347 g/mol. The Balaban J connectivity index is 2.19. The van der Waals surface area contributed by atoms with E-state index in [1.165, 1.54) is 24.3 Å². The smallest absolute Gasteiger partial charge is 0.300 e. The first-order valence-corrected chi connectivity index (χ1v) is 9.25. The summed E-state index contributed by atoms with van der Waals surface area (Å²) < 4.78 is 28.9. The molecule has 1 N–H and O–H groups in total. The number of hydrogen-bond donors (Lipinski definition) is 1. The summed E-state index contributed by atoms with van der Waals surface area (Å²) in [7, 11) is -1.89. The number of carbonyl (C=O) groups is 1. The first kappa shape index (κ1) is 18.0. The lowest BCUT2D eigenvalue weighted by atomic mass is 10.2. The molecule has 0 bridgehead atoms. The molecule has 0 unspecified atom stereocenters. The van der Waals surface area contributed by atoms with Gasteiger partial charge in [-0.05, 0) is 50.0 Å². The number of hydrogen-bond acceptors (Lipinski definition) is 3. The van der Waals surface area contributed by atoms with Gasteiger partial charge in [0.1, 0.15) is 5.84 Å². The molecule has 0 spiro atoms. The van der Waals surface area contributed by atoms with E-state index in [1.54, 1.807) is 6.92 Å². The molecule has 7 heteroatoms. The van der Waals surface area contributed by atoms with Crippen LogP contribution in [-0.4, -0.2) is 38.7 Å². The minimum absolute atomic E-state index is 0.104. The third-order valence-electron chi connectivity index (χ3n) is 3.71. The van der Waals surface area contributed by atoms with E-state index in [0.717, 1.165) is 25.8 Å². The number of anilines is 1. The van der Waals surface area contributed by atoms with Crippen molar-refractivity contribution in [1.29, 1.82) is 0 Å². The minimum Gasteiger partial charge on any atom is -0.362 e. The molecule has 0 aliphatic carbocycles. The van der Waals surface area contributed by atoms with Crippen molar-refractivity contribution in [3.05, 3.63) is 24.3 Å². The van der Waals surface area contributed by atoms with Gasteiger partial charge in [0.25, 0.3) is 15.9 Å². The maximum Gasteiger partial charge on any atom is 0.300 e. The van der Waals surface area contributed by atoms with Crippen molar-refractivity contribution >= 4 is 27.5 Å². The molecule has 0 radical (unpaired) electrons. The number of carbonyl (C=O) groups excluding carboxylic acids is 1. The van der Waals surface area contributed by atoms with Gasteiger partial charge in [0.2, 0.25) is 0 Å². The van der Waals surface area contributed by atoms with Crippen LogP contribution in [0.4, 0.5) is 5.69 Å². The summed E-state index contributed by atoms with van der Waals surface area (Å²) in [6.07, 6.45) is 3.74. The Morgan fingerprint density at radius 3 is 2.58 bits per heavy atom. The lowest BCUT2D eigenvalue weighted by Crippen LogP contribution is -2.26. The summed E-state index contributed by atoms with van der Waals surface area (Å²) in [5.41, 5.74) is 0.487. The number of amidine groups is 1. The number of likely N-dealkylation sites (tertiary alicyclic amines) is 1. The number of benzene rings is 1. The average molecular weight is 347 g/mol. The number of amides is 1. The molecule has 24 heavy (non-hydrogen) atoms. The first-order chi connectivity index (χ1) is 11.4. The van der Waals surface area contributed by atoms with Crippen LogP contribution in [0.1, 0.15) is 32.6 Å². The van der Waals surface area contributed by atoms with Crippen molar-refractivity contribution in [3.8, 4) is 11.8 Å². The SMILES string of the molecule is CC#CC(=O)Nc1ccc(S(=O)(=O)/N=C2/CCCCCN2C)cc1. The van der Waals surface area contributed by atoms with Gasteiger partial charge in [-0.25, -0.2) is 0 Å². The van der Waals surface area contributed by atoms with Gasteiger partial charge in [-0.3, -0.25) is 4.79 Å². The van der Waals surface area contributed by atoms with Crippen molar-refractivity contribution in [2.75, 3.05) is 18.9 Å². The van der Waals surface area contributed by atoms with Crippen molar-refractivity contribution in [2.24, 2.45) is 4.40 Å². The predicted molar refractivity (Wildman–Crippen MR) is 94.2 cm³/mol. The van der Waals surface area contributed by atoms with Gasteiger partial charge < -0.3 is 10.2 Å². The zero-order valence-corrected chi connectivity index (χ0v) is 14.7. The topological polar surface area (TPSA) is 78.8 Å². The van der Waals surface area contributed by atoms with E-state index in [4.69, 9.17) is 0 Å². The van der Waals surface area contributed by atoms with E-state index in [0.29, 0.717) is 17.9 Å². The molecular formula is C17H21N3O3S. The highest BCUT2D eigenvalue weighted by Gasteiger charge is 2.18. The number of nitrogens with zero attached hydrogens (tertiary/aromatic N) is 2. The van der Waals surface area contributed by atoms with Crippen molar-refractivity contribution in [2.45, 2.75) is 37.5 Å². The van der Waals surface area contributed by atoms with Crippen LogP contribution >= 0.6 is 0 Å². The van der Waals surface area contributed by atoms with Gasteiger partial charge in [0.15, 0.2) is 0 Å². The summed E-state index contributed by atoms with van der Waals surface area (Å²) in [6, 6.07) is 5.92. The molecule has 1 aromatic carbocycles. The Hall–Kier alpha value is -2.33. The predicted octanol–water partition coefficient (Wildman–Crippen LogP) is 2.24. The first-order valence-electron chi connectivity index (χ1n) is 7.81. The van der Waals surface area contributed by atoms with Crippen LogP contribution in [0.3, 0.4) is 0 Å². The Bertz CT molecular complexity index is 787. The molecule has 2 rings (SSSR count). The van der Waals surface area contributed by atoms with E-state index in [-0.39, 0.29) is 4.90 Å². The van der Waals surface area contributed by atoms with Crippen LogP contribution in [0.25, 0.3) is 0 Å². The number of sulfonamides is 1. The van der Waals surface area contributed by atoms with Crippen LogP contribution in [0.5, 0.6) is 0 Å². The molecule has 1 amide bonds. The molecule has 0 aromatic heterocycles. The summed E-state index contributed by atoms with van der Waals surface area (Å²) >= 11 is 0. The molecule has 0 atom stereocenters. The van der Waals surface area contributed by atoms with Crippen LogP contribution in [0.15, 0.2) is 33.6 Å². The highest BCUT2D eigenvalue weighted by atomic mass is 32.2. The van der Waals surface area contributed by atoms with Crippen LogP contribution in [-0.2, 0) is 14.8 Å². The third kappa shape index (κ3) is 4.83. The highest BCUT2D eigenvalue weighted by molar-refractivity contribution is 7.90. The largest absolute Gasteiger partial charge is 0.362 e. The molecule has 1 aromatic rings. The molecule has 6 nitrogen and oxygen atoms in total. The maximum atomic E-state index is 12.5. The van der Waals surface area contributed by atoms with Crippen molar-refractivity contribution < 1.29 is 13.2 Å². The maximum absolute atomic E-state index is 12.5. The Kier molecular flexibility index (Phi) is 5.99. The second-order valence-corrected chi connectivity index (χ2v) is 7.17. The highest BCUT2D eigenvalue weighted by Crippen LogP contribution is 2.19. The number of nitrogens with one attached hydrogen (secondary N) is 1. The van der Waals surface area contributed by atoms with E-state index < -0.39 is 15.9 Å². The van der Waals surface area contributed by atoms with Crippen molar-refractivity contribution in [1.82, 2.24) is 4.90 Å². The fourth-order valence-corrected chi connectivity index (χ4v) is 3.52. The van der Waals surface area contributed by atoms with Gasteiger partial charge in [-0.1, -0.05) is 12.3 Å². The number of rotatable bonds is 3. The lowest BCUT2D eigenvalue weighted by molar-refractivity contribution is -0.111. The molecule has 1 aliphatic rings. The van der Waals surface area contributed by atoms with Gasteiger partial charge in [-0.15, -0.1) is 4.40 Å². The van der Waals surface area contributed by atoms with E-state index in [9.17, 15) is 13.2 Å². The Morgan fingerprint density at radius 2 is 1.92 bits per heavy atom. The molecular weight excluding hydrogens is 326 g/mol. The van der Waals surface area contributed by atoms with E-state index in [1.807, 2.05) is 11.9 Å². The summed E-state index contributed by atoms with van der Waals surface area (Å²) in [4.78, 5) is 13.4.